The van der Waals surface area contributed by atoms with E-state index in [4.69, 9.17) is 22.9 Å². The summed E-state index contributed by atoms with van der Waals surface area (Å²) in [6, 6.07) is 2.11. The molecular formula is C14H19N3OS. The summed E-state index contributed by atoms with van der Waals surface area (Å²) in [5.74, 6) is 0.868. The minimum atomic E-state index is -0.275. The van der Waals surface area contributed by atoms with E-state index >= 15 is 0 Å². The van der Waals surface area contributed by atoms with Gasteiger partial charge in [-0.25, -0.2) is 4.98 Å². The Bertz CT molecular complexity index is 518. The molecule has 0 amide bonds. The molecule has 4 nitrogen and oxygen atoms in total. The topological polar surface area (TPSA) is 62.4 Å². The average molecular weight is 277 g/mol. The van der Waals surface area contributed by atoms with Crippen LogP contribution in [0.2, 0.25) is 0 Å². The molecule has 0 spiro atoms. The van der Waals surface area contributed by atoms with Gasteiger partial charge in [-0.3, -0.25) is 0 Å². The first-order valence-electron chi connectivity index (χ1n) is 6.91. The number of pyridine rings is 1. The zero-order valence-corrected chi connectivity index (χ0v) is 11.7. The summed E-state index contributed by atoms with van der Waals surface area (Å²) in [6.07, 6.45) is 4.84. The Labute approximate surface area is 118 Å². The largest absolute Gasteiger partial charge is 0.391 e. The summed E-state index contributed by atoms with van der Waals surface area (Å²) in [7, 11) is 0. The van der Waals surface area contributed by atoms with E-state index in [2.05, 4.69) is 11.0 Å². The number of piperidine rings is 1. The van der Waals surface area contributed by atoms with E-state index in [0.717, 1.165) is 50.0 Å². The van der Waals surface area contributed by atoms with Gasteiger partial charge in [-0.2, -0.15) is 0 Å². The zero-order chi connectivity index (χ0) is 13.4. The van der Waals surface area contributed by atoms with Gasteiger partial charge in [-0.05, 0) is 43.7 Å². The van der Waals surface area contributed by atoms with Crippen LogP contribution < -0.4 is 10.6 Å². The second-order valence-corrected chi connectivity index (χ2v) is 5.87. The van der Waals surface area contributed by atoms with Crippen LogP contribution in [-0.2, 0) is 12.8 Å². The first-order valence-corrected chi connectivity index (χ1v) is 7.31. The van der Waals surface area contributed by atoms with E-state index in [0.29, 0.717) is 11.5 Å². The molecule has 3 rings (SSSR count). The summed E-state index contributed by atoms with van der Waals surface area (Å²) in [6.45, 7) is 1.54. The minimum absolute atomic E-state index is 0.275. The molecule has 19 heavy (non-hydrogen) atoms. The molecule has 0 aromatic carbocycles. The van der Waals surface area contributed by atoms with Crippen LogP contribution in [0.25, 0.3) is 0 Å². The maximum atomic E-state index is 9.83. The number of nitrogens with two attached hydrogens (primary N) is 1. The monoisotopic (exact) mass is 277 g/mol. The number of thiocarbonyl (C=S) groups is 1. The van der Waals surface area contributed by atoms with E-state index < -0.39 is 0 Å². The van der Waals surface area contributed by atoms with E-state index in [1.54, 1.807) is 0 Å². The highest BCUT2D eigenvalue weighted by Crippen LogP contribution is 2.29. The van der Waals surface area contributed by atoms with Crippen LogP contribution in [0.4, 0.5) is 5.82 Å². The highest BCUT2D eigenvalue weighted by atomic mass is 32.1. The smallest absolute Gasteiger partial charge is 0.139 e. The fourth-order valence-electron chi connectivity index (χ4n) is 3.03. The highest BCUT2D eigenvalue weighted by molar-refractivity contribution is 7.80. The van der Waals surface area contributed by atoms with Gasteiger partial charge >= 0.3 is 0 Å². The summed E-state index contributed by atoms with van der Waals surface area (Å²) in [5.41, 5.74) is 9.18. The number of nitrogens with zero attached hydrogens (tertiary/aromatic N) is 2. The van der Waals surface area contributed by atoms with Gasteiger partial charge in [-0.1, -0.05) is 12.2 Å². The number of aromatic nitrogens is 1. The van der Waals surface area contributed by atoms with Crippen molar-refractivity contribution in [3.05, 3.63) is 22.9 Å². The second kappa shape index (κ2) is 5.06. The molecule has 0 saturated carbocycles. The van der Waals surface area contributed by atoms with Crippen LogP contribution in [0.1, 0.15) is 36.1 Å². The predicted octanol–water partition coefficient (Wildman–Crippen LogP) is 1.17. The van der Waals surface area contributed by atoms with E-state index in [1.165, 1.54) is 11.3 Å². The van der Waals surface area contributed by atoms with Crippen molar-refractivity contribution in [2.24, 2.45) is 5.73 Å². The lowest BCUT2D eigenvalue weighted by atomic mass is 10.1. The first kappa shape index (κ1) is 12.8. The molecule has 1 atom stereocenters. The Morgan fingerprint density at radius 2 is 2.26 bits per heavy atom. The molecule has 1 unspecified atom stereocenters. The molecule has 102 valence electrons. The van der Waals surface area contributed by atoms with Crippen molar-refractivity contribution in [3.63, 3.8) is 0 Å². The molecule has 0 bridgehead atoms. The van der Waals surface area contributed by atoms with Crippen molar-refractivity contribution in [3.8, 4) is 0 Å². The van der Waals surface area contributed by atoms with E-state index in [1.807, 2.05) is 0 Å². The van der Waals surface area contributed by atoms with E-state index in [9.17, 15) is 5.11 Å². The van der Waals surface area contributed by atoms with Gasteiger partial charge in [0.15, 0.2) is 0 Å². The maximum absolute atomic E-state index is 9.83. The van der Waals surface area contributed by atoms with Gasteiger partial charge in [0.25, 0.3) is 0 Å². The normalized spacial score (nSPS) is 22.4. The van der Waals surface area contributed by atoms with Crippen molar-refractivity contribution >= 4 is 23.0 Å². The summed E-state index contributed by atoms with van der Waals surface area (Å²) in [5, 5.41) is 9.83. The third kappa shape index (κ3) is 2.44. The molecule has 3 N–H and O–H groups in total. The number of fused-ring (bicyclic) bond motifs is 1. The molecule has 1 aliphatic heterocycles. The number of aliphatic hydroxyl groups excluding tert-OH is 1. The Hall–Kier alpha value is -1.20. The van der Waals surface area contributed by atoms with Gasteiger partial charge in [0, 0.05) is 18.8 Å². The van der Waals surface area contributed by atoms with E-state index in [-0.39, 0.29) is 6.10 Å². The molecule has 1 saturated heterocycles. The van der Waals surface area contributed by atoms with Crippen LogP contribution >= 0.6 is 12.2 Å². The van der Waals surface area contributed by atoms with Crippen LogP contribution in [0.3, 0.4) is 0 Å². The van der Waals surface area contributed by atoms with Gasteiger partial charge < -0.3 is 15.7 Å². The Morgan fingerprint density at radius 3 is 3.00 bits per heavy atom. The van der Waals surface area contributed by atoms with Crippen molar-refractivity contribution < 1.29 is 5.11 Å². The van der Waals surface area contributed by atoms with Gasteiger partial charge in [0.05, 0.1) is 11.7 Å². The number of rotatable bonds is 2. The number of hydrogen-bond acceptors (Lipinski definition) is 4. The molecule has 2 heterocycles. The zero-order valence-electron chi connectivity index (χ0n) is 10.9. The number of aliphatic hydroxyl groups is 1. The fraction of sp³-hybridized carbons (Fsp3) is 0.571. The molecule has 1 aromatic rings. The van der Waals surface area contributed by atoms with Crippen LogP contribution in [-0.4, -0.2) is 34.3 Å². The molecule has 2 aliphatic rings. The lowest BCUT2D eigenvalue weighted by Crippen LogP contribution is -2.40. The molecule has 1 aromatic heterocycles. The number of anilines is 1. The van der Waals surface area contributed by atoms with Crippen LogP contribution in [0.15, 0.2) is 6.07 Å². The first-order chi connectivity index (χ1) is 9.15. The predicted molar refractivity (Wildman–Crippen MR) is 79.6 cm³/mol. The van der Waals surface area contributed by atoms with Crippen molar-refractivity contribution in [1.82, 2.24) is 4.98 Å². The average Bonchev–Trinajstić information content (AvgIpc) is 2.84. The SMILES string of the molecule is NC(=S)c1cc2c(nc1N1CCCC(O)C1)CCC2. The van der Waals surface area contributed by atoms with Gasteiger partial charge in [0.1, 0.15) is 10.8 Å². The Morgan fingerprint density at radius 1 is 1.42 bits per heavy atom. The second-order valence-electron chi connectivity index (χ2n) is 5.43. The van der Waals surface area contributed by atoms with Crippen LogP contribution in [0.5, 0.6) is 0 Å². The number of β-amino-alcohol motifs (C(OH)–C–C–N with tert-alkyl or cyclic N) is 1. The maximum Gasteiger partial charge on any atom is 0.139 e. The summed E-state index contributed by atoms with van der Waals surface area (Å²) < 4.78 is 0. The van der Waals surface area contributed by atoms with Crippen molar-refractivity contribution in [1.29, 1.82) is 0 Å². The standard InChI is InChI=1S/C14H19N3OS/c15-13(19)11-7-9-3-1-5-12(9)16-14(11)17-6-2-4-10(18)8-17/h7,10,18H,1-6,8H2,(H2,15,19). The molecule has 5 heteroatoms. The lowest BCUT2D eigenvalue weighted by Gasteiger charge is -2.32. The third-order valence-electron chi connectivity index (χ3n) is 3.99. The minimum Gasteiger partial charge on any atom is -0.391 e. The quantitative estimate of drug-likeness (QED) is 0.795. The third-order valence-corrected chi connectivity index (χ3v) is 4.21. The van der Waals surface area contributed by atoms with Gasteiger partial charge in [0.2, 0.25) is 0 Å². The molecule has 1 aliphatic carbocycles. The van der Waals surface area contributed by atoms with Gasteiger partial charge in [-0.15, -0.1) is 0 Å². The van der Waals surface area contributed by atoms with Crippen molar-refractivity contribution in [2.75, 3.05) is 18.0 Å². The molecule has 0 radical (unpaired) electrons. The number of aryl methyl sites for hydroxylation is 2. The fourth-order valence-corrected chi connectivity index (χ4v) is 3.18. The number of hydrogen-bond donors (Lipinski definition) is 2. The van der Waals surface area contributed by atoms with Crippen molar-refractivity contribution in [2.45, 2.75) is 38.2 Å². The molecule has 1 fully saturated rings. The lowest BCUT2D eigenvalue weighted by molar-refractivity contribution is 0.154. The summed E-state index contributed by atoms with van der Waals surface area (Å²) in [4.78, 5) is 7.31. The molecular weight excluding hydrogens is 258 g/mol. The highest BCUT2D eigenvalue weighted by Gasteiger charge is 2.24. The Balaban J connectivity index is 2.01. The summed E-state index contributed by atoms with van der Waals surface area (Å²) >= 11 is 5.17. The Kier molecular flexibility index (Phi) is 3.41. The van der Waals surface area contributed by atoms with Crippen LogP contribution in [0, 0.1) is 0 Å².